The third-order valence-electron chi connectivity index (χ3n) is 7.16. The maximum absolute atomic E-state index is 13.1. The molecule has 0 spiro atoms. The first-order valence-electron chi connectivity index (χ1n) is 13.4. The molecule has 206 valence electrons. The number of carbonyl (C=O) groups is 1. The van der Waals surface area contributed by atoms with E-state index in [1.165, 1.54) is 17.4 Å². The number of hydrogen-bond donors (Lipinski definition) is 3. The summed E-state index contributed by atoms with van der Waals surface area (Å²) in [5.74, 6) is 0.350. The SMILES string of the molecule is Cc1ccc(CCc2c(-c3ccc[nH]c3=O)n(CCc3nn[nH]n3)c3ccc(C(=O)NCc4ccon4)cc23)cc1. The van der Waals surface area contributed by atoms with Crippen molar-refractivity contribution in [3.63, 3.8) is 0 Å². The Labute approximate surface area is 234 Å². The zero-order valence-electron chi connectivity index (χ0n) is 22.4. The van der Waals surface area contributed by atoms with Gasteiger partial charge in [0.25, 0.3) is 11.5 Å². The van der Waals surface area contributed by atoms with Crippen LogP contribution in [0.3, 0.4) is 0 Å². The number of amides is 1. The molecule has 0 bridgehead atoms. The molecule has 11 heteroatoms. The Morgan fingerprint density at radius 3 is 2.68 bits per heavy atom. The minimum atomic E-state index is -0.224. The van der Waals surface area contributed by atoms with Crippen molar-refractivity contribution in [3.05, 3.63) is 117 Å². The Morgan fingerprint density at radius 2 is 1.93 bits per heavy atom. The average molecular weight is 549 g/mol. The molecular formula is C30H28N8O3. The van der Waals surface area contributed by atoms with Gasteiger partial charge in [0, 0.05) is 41.7 Å². The van der Waals surface area contributed by atoms with Crippen LogP contribution in [-0.4, -0.2) is 41.2 Å². The maximum atomic E-state index is 13.1. The molecular weight excluding hydrogens is 520 g/mol. The van der Waals surface area contributed by atoms with E-state index in [0.717, 1.165) is 28.6 Å². The number of aromatic nitrogens is 7. The zero-order chi connectivity index (χ0) is 28.2. The Balaban J connectivity index is 1.46. The van der Waals surface area contributed by atoms with Gasteiger partial charge in [-0.1, -0.05) is 40.2 Å². The molecule has 0 saturated carbocycles. The number of nitrogens with one attached hydrogen (secondary N) is 3. The van der Waals surface area contributed by atoms with Gasteiger partial charge in [-0.25, -0.2) is 0 Å². The van der Waals surface area contributed by atoms with Crippen LogP contribution >= 0.6 is 0 Å². The molecule has 0 aliphatic rings. The predicted molar refractivity (Wildman–Crippen MR) is 152 cm³/mol. The fraction of sp³-hybridized carbons (Fsp3) is 0.200. The molecule has 0 aliphatic heterocycles. The number of hydrogen-bond acceptors (Lipinski definition) is 7. The molecule has 0 radical (unpaired) electrons. The molecule has 2 aromatic carbocycles. The van der Waals surface area contributed by atoms with Gasteiger partial charge in [-0.3, -0.25) is 9.59 Å². The van der Waals surface area contributed by atoms with Crippen molar-refractivity contribution in [2.45, 2.75) is 39.3 Å². The smallest absolute Gasteiger partial charge is 0.257 e. The summed E-state index contributed by atoms with van der Waals surface area (Å²) in [6, 6.07) is 19.5. The highest BCUT2D eigenvalue weighted by molar-refractivity contribution is 6.00. The largest absolute Gasteiger partial charge is 0.364 e. The van der Waals surface area contributed by atoms with Crippen molar-refractivity contribution < 1.29 is 9.32 Å². The molecule has 4 aromatic heterocycles. The summed E-state index contributed by atoms with van der Waals surface area (Å²) in [5.41, 5.74) is 6.65. The van der Waals surface area contributed by atoms with E-state index in [1.807, 2.05) is 24.3 Å². The minimum Gasteiger partial charge on any atom is -0.364 e. The number of rotatable bonds is 10. The third-order valence-corrected chi connectivity index (χ3v) is 7.16. The quantitative estimate of drug-likeness (QED) is 0.236. The Morgan fingerprint density at radius 1 is 1.05 bits per heavy atom. The van der Waals surface area contributed by atoms with E-state index < -0.39 is 0 Å². The monoisotopic (exact) mass is 548 g/mol. The number of aryl methyl sites for hydroxylation is 5. The second-order valence-electron chi connectivity index (χ2n) is 9.86. The van der Waals surface area contributed by atoms with Gasteiger partial charge >= 0.3 is 0 Å². The van der Waals surface area contributed by atoms with Crippen LogP contribution in [0.15, 0.2) is 82.4 Å². The van der Waals surface area contributed by atoms with Crippen LogP contribution in [0, 0.1) is 6.92 Å². The normalized spacial score (nSPS) is 11.2. The Bertz CT molecular complexity index is 1840. The Kier molecular flexibility index (Phi) is 7.23. The lowest BCUT2D eigenvalue weighted by atomic mass is 9.97. The number of nitrogens with zero attached hydrogens (tertiary/aromatic N) is 5. The molecule has 0 aliphatic carbocycles. The lowest BCUT2D eigenvalue weighted by molar-refractivity contribution is 0.0950. The van der Waals surface area contributed by atoms with Crippen molar-refractivity contribution in [2.75, 3.05) is 0 Å². The number of H-pyrrole nitrogens is 2. The molecule has 0 unspecified atom stereocenters. The van der Waals surface area contributed by atoms with Gasteiger partial charge in [0.15, 0.2) is 5.82 Å². The lowest BCUT2D eigenvalue weighted by Gasteiger charge is -2.12. The molecule has 0 atom stereocenters. The molecule has 6 rings (SSSR count). The summed E-state index contributed by atoms with van der Waals surface area (Å²) in [6.45, 7) is 2.84. The van der Waals surface area contributed by atoms with E-state index in [2.05, 4.69) is 71.8 Å². The standard InChI is InChI=1S/C30H28N8O3/c1-19-4-6-20(7-5-19)8-10-23-25-17-21(29(39)32-18-22-13-16-41-35-22)9-11-26(25)38(15-12-27-33-36-37-34-27)28(23)24-3-2-14-31-30(24)40/h2-7,9,11,13-14,16-17H,8,10,12,15,18H2,1H3,(H,31,40)(H,32,39)(H,33,34,36,37). The summed E-state index contributed by atoms with van der Waals surface area (Å²) in [5, 5.41) is 22.1. The molecule has 0 fully saturated rings. The number of carbonyl (C=O) groups excluding carboxylic acids is 1. The predicted octanol–water partition coefficient (Wildman–Crippen LogP) is 3.76. The minimum absolute atomic E-state index is 0.182. The van der Waals surface area contributed by atoms with Crippen molar-refractivity contribution in [2.24, 2.45) is 0 Å². The van der Waals surface area contributed by atoms with Crippen molar-refractivity contribution in [3.8, 4) is 11.3 Å². The van der Waals surface area contributed by atoms with Gasteiger partial charge in [-0.05, 0) is 61.2 Å². The molecule has 3 N–H and O–H groups in total. The molecule has 0 saturated heterocycles. The van der Waals surface area contributed by atoms with E-state index in [4.69, 9.17) is 4.52 Å². The lowest BCUT2D eigenvalue weighted by Crippen LogP contribution is -2.22. The Hall–Kier alpha value is -5.32. The third kappa shape index (κ3) is 5.55. The van der Waals surface area contributed by atoms with Crippen LogP contribution in [0.5, 0.6) is 0 Å². The van der Waals surface area contributed by atoms with Gasteiger partial charge in [0.2, 0.25) is 0 Å². The van der Waals surface area contributed by atoms with Crippen LogP contribution in [0.2, 0.25) is 0 Å². The van der Waals surface area contributed by atoms with Gasteiger partial charge in [-0.15, -0.1) is 10.2 Å². The van der Waals surface area contributed by atoms with E-state index in [-0.39, 0.29) is 18.0 Å². The van der Waals surface area contributed by atoms with E-state index >= 15 is 0 Å². The topological polar surface area (TPSA) is 147 Å². The molecule has 41 heavy (non-hydrogen) atoms. The first-order valence-corrected chi connectivity index (χ1v) is 13.4. The summed E-state index contributed by atoms with van der Waals surface area (Å²) in [6.07, 6.45) is 5.04. The van der Waals surface area contributed by atoms with E-state index in [9.17, 15) is 9.59 Å². The van der Waals surface area contributed by atoms with Gasteiger partial charge in [0.1, 0.15) is 12.0 Å². The van der Waals surface area contributed by atoms with Crippen LogP contribution in [0.4, 0.5) is 0 Å². The average Bonchev–Trinajstić information content (AvgIpc) is 3.76. The second kappa shape index (κ2) is 11.4. The van der Waals surface area contributed by atoms with E-state index in [1.54, 1.807) is 18.3 Å². The highest BCUT2D eigenvalue weighted by atomic mass is 16.5. The summed E-state index contributed by atoms with van der Waals surface area (Å²) < 4.78 is 6.99. The van der Waals surface area contributed by atoms with Crippen LogP contribution < -0.4 is 10.9 Å². The summed E-state index contributed by atoms with van der Waals surface area (Å²) in [4.78, 5) is 29.1. The fourth-order valence-electron chi connectivity index (χ4n) is 5.09. The highest BCUT2D eigenvalue weighted by Gasteiger charge is 2.22. The number of fused-ring (bicyclic) bond motifs is 1. The molecule has 6 aromatic rings. The summed E-state index contributed by atoms with van der Waals surface area (Å²) in [7, 11) is 0. The van der Waals surface area contributed by atoms with Crippen LogP contribution in [-0.2, 0) is 32.4 Å². The van der Waals surface area contributed by atoms with Crippen molar-refractivity contribution >= 4 is 16.8 Å². The number of aromatic amines is 2. The number of pyridine rings is 1. The number of benzene rings is 2. The maximum Gasteiger partial charge on any atom is 0.257 e. The van der Waals surface area contributed by atoms with E-state index in [0.29, 0.717) is 42.0 Å². The van der Waals surface area contributed by atoms with Gasteiger partial charge < -0.3 is 19.4 Å². The number of tetrazole rings is 1. The first kappa shape index (κ1) is 25.9. The van der Waals surface area contributed by atoms with Crippen LogP contribution in [0.1, 0.15) is 38.6 Å². The zero-order valence-corrected chi connectivity index (χ0v) is 22.4. The van der Waals surface area contributed by atoms with Gasteiger partial charge in [-0.2, -0.15) is 5.21 Å². The van der Waals surface area contributed by atoms with Gasteiger partial charge in [0.05, 0.1) is 17.8 Å². The highest BCUT2D eigenvalue weighted by Crippen LogP contribution is 2.34. The first-order chi connectivity index (χ1) is 20.1. The fourth-order valence-corrected chi connectivity index (χ4v) is 5.09. The second-order valence-corrected chi connectivity index (χ2v) is 9.86. The molecule has 4 heterocycles. The molecule has 1 amide bonds. The summed E-state index contributed by atoms with van der Waals surface area (Å²) >= 11 is 0. The van der Waals surface area contributed by atoms with Crippen LogP contribution in [0.25, 0.3) is 22.2 Å². The van der Waals surface area contributed by atoms with Crippen molar-refractivity contribution in [1.29, 1.82) is 0 Å². The molecule has 11 nitrogen and oxygen atoms in total. The van der Waals surface area contributed by atoms with Crippen molar-refractivity contribution in [1.82, 2.24) is 40.6 Å².